The van der Waals surface area contributed by atoms with Crippen molar-refractivity contribution in [2.45, 2.75) is 374 Å². The second-order valence-electron chi connectivity index (χ2n) is 23.1. The fourth-order valence-electron chi connectivity index (χ4n) is 10.2. The average Bonchev–Trinajstić information content (AvgIpc) is 3.43. The Morgan fingerprint density at radius 1 is 0.260 bits per heavy atom. The molecule has 6 heteroatoms. The van der Waals surface area contributed by atoms with Crippen molar-refractivity contribution in [2.75, 3.05) is 13.2 Å². The summed E-state index contributed by atoms with van der Waals surface area (Å²) in [6.07, 6.45) is 82.9. The molecule has 0 radical (unpaired) electrons. The van der Waals surface area contributed by atoms with Crippen molar-refractivity contribution in [2.24, 2.45) is 0 Å². The predicted octanol–water partition coefficient (Wildman–Crippen LogP) is 23.3. The van der Waals surface area contributed by atoms with Crippen LogP contribution in [-0.4, -0.2) is 37.2 Å². The summed E-state index contributed by atoms with van der Waals surface area (Å²) >= 11 is 0. The van der Waals surface area contributed by atoms with Crippen LogP contribution in [0.1, 0.15) is 367 Å². The quantitative estimate of drug-likeness (QED) is 0.0261. The van der Waals surface area contributed by atoms with E-state index < -0.39 is 6.10 Å². The highest BCUT2D eigenvalue weighted by Crippen LogP contribution is 2.18. The number of unbranched alkanes of at least 4 members (excludes halogenated alkanes) is 44. The Morgan fingerprint density at radius 3 is 0.792 bits per heavy atom. The largest absolute Gasteiger partial charge is 0.462 e. The second kappa shape index (κ2) is 65.9. The van der Waals surface area contributed by atoms with Crippen molar-refractivity contribution in [3.05, 3.63) is 48.6 Å². The number of ether oxygens (including phenoxy) is 3. The molecule has 450 valence electrons. The van der Waals surface area contributed by atoms with Gasteiger partial charge >= 0.3 is 17.9 Å². The molecule has 77 heavy (non-hydrogen) atoms. The third-order valence-corrected chi connectivity index (χ3v) is 15.3. The number of rotatable bonds is 63. The van der Waals surface area contributed by atoms with E-state index in [2.05, 4.69) is 69.4 Å². The molecule has 1 atom stereocenters. The van der Waals surface area contributed by atoms with Crippen molar-refractivity contribution in [3.8, 4) is 0 Å². The highest BCUT2D eigenvalue weighted by Gasteiger charge is 2.19. The van der Waals surface area contributed by atoms with E-state index in [1.165, 1.54) is 231 Å². The second-order valence-corrected chi connectivity index (χ2v) is 23.1. The Balaban J connectivity index is 4.18. The molecule has 0 heterocycles. The molecule has 1 unspecified atom stereocenters. The van der Waals surface area contributed by atoms with Crippen molar-refractivity contribution in [1.82, 2.24) is 0 Å². The lowest BCUT2D eigenvalue weighted by Crippen LogP contribution is -2.30. The van der Waals surface area contributed by atoms with Gasteiger partial charge in [-0.1, -0.05) is 320 Å². The standard InChI is InChI=1S/C71H130O6/c1-4-7-10-13-16-19-22-25-27-29-30-31-32-33-34-35-36-37-38-39-40-42-43-46-49-52-55-58-61-64-70(73)76-67-68(66-75-69(72)63-60-57-54-51-48-45-24-21-18-15-12-9-6-3)77-71(74)65-62-59-56-53-50-47-44-41-28-26-23-20-17-14-11-8-5-2/h12,15,17,20-21,24,26,28,68H,4-11,13-14,16,18-19,22-23,25,27,29-67H2,1-3H3/b15-12-,20-17-,24-21-,28-26-. The van der Waals surface area contributed by atoms with Gasteiger partial charge in [0.25, 0.3) is 0 Å². The van der Waals surface area contributed by atoms with Crippen LogP contribution in [0.2, 0.25) is 0 Å². The topological polar surface area (TPSA) is 78.9 Å². The van der Waals surface area contributed by atoms with E-state index >= 15 is 0 Å². The molecular weight excluding hydrogens is 949 g/mol. The minimum atomic E-state index is -0.782. The zero-order valence-corrected chi connectivity index (χ0v) is 51.7. The lowest BCUT2D eigenvalue weighted by molar-refractivity contribution is -0.167. The summed E-state index contributed by atoms with van der Waals surface area (Å²) in [5.41, 5.74) is 0. The zero-order valence-electron chi connectivity index (χ0n) is 51.7. The van der Waals surface area contributed by atoms with E-state index in [-0.39, 0.29) is 31.1 Å². The van der Waals surface area contributed by atoms with Crippen LogP contribution >= 0.6 is 0 Å². The van der Waals surface area contributed by atoms with Crippen LogP contribution in [0, 0.1) is 0 Å². The minimum Gasteiger partial charge on any atom is -0.462 e. The van der Waals surface area contributed by atoms with Gasteiger partial charge in [-0.05, 0) is 77.0 Å². The van der Waals surface area contributed by atoms with Crippen molar-refractivity contribution in [1.29, 1.82) is 0 Å². The molecule has 0 bridgehead atoms. The molecule has 0 rings (SSSR count). The van der Waals surface area contributed by atoms with Crippen LogP contribution in [0.15, 0.2) is 48.6 Å². The van der Waals surface area contributed by atoms with Gasteiger partial charge in [0.05, 0.1) is 0 Å². The molecule has 0 N–H and O–H groups in total. The summed E-state index contributed by atoms with van der Waals surface area (Å²) in [4.78, 5) is 38.3. The number of carbonyl (C=O) groups is 3. The van der Waals surface area contributed by atoms with Gasteiger partial charge in [-0.15, -0.1) is 0 Å². The molecule has 0 aliphatic rings. The van der Waals surface area contributed by atoms with E-state index in [0.29, 0.717) is 19.3 Å². The molecule has 0 aliphatic heterocycles. The van der Waals surface area contributed by atoms with Gasteiger partial charge in [-0.3, -0.25) is 14.4 Å². The maximum absolute atomic E-state index is 12.9. The van der Waals surface area contributed by atoms with E-state index in [4.69, 9.17) is 14.2 Å². The van der Waals surface area contributed by atoms with Crippen LogP contribution in [0.3, 0.4) is 0 Å². The Bertz CT molecular complexity index is 1330. The first-order valence-corrected chi connectivity index (χ1v) is 34.1. The summed E-state index contributed by atoms with van der Waals surface area (Å²) in [6, 6.07) is 0. The molecule has 0 saturated heterocycles. The number of allylic oxidation sites excluding steroid dienone is 8. The summed E-state index contributed by atoms with van der Waals surface area (Å²) < 4.78 is 16.9. The molecule has 0 aromatic heterocycles. The van der Waals surface area contributed by atoms with Gasteiger partial charge in [0.1, 0.15) is 13.2 Å². The maximum atomic E-state index is 12.9. The highest BCUT2D eigenvalue weighted by molar-refractivity contribution is 5.71. The van der Waals surface area contributed by atoms with E-state index in [0.717, 1.165) is 96.3 Å². The zero-order chi connectivity index (χ0) is 55.7. The molecular formula is C71H130O6. The highest BCUT2D eigenvalue weighted by atomic mass is 16.6. The van der Waals surface area contributed by atoms with Crippen LogP contribution < -0.4 is 0 Å². The van der Waals surface area contributed by atoms with Gasteiger partial charge < -0.3 is 14.2 Å². The first-order chi connectivity index (χ1) is 38.0. The molecule has 6 nitrogen and oxygen atoms in total. The predicted molar refractivity (Wildman–Crippen MR) is 335 cm³/mol. The first-order valence-electron chi connectivity index (χ1n) is 34.1. The molecule has 0 amide bonds. The molecule has 0 spiro atoms. The Hall–Kier alpha value is -2.63. The summed E-state index contributed by atoms with van der Waals surface area (Å²) in [5, 5.41) is 0. The van der Waals surface area contributed by atoms with Crippen LogP contribution in [0.4, 0.5) is 0 Å². The molecule has 0 aromatic carbocycles. The van der Waals surface area contributed by atoms with Crippen LogP contribution in [0.25, 0.3) is 0 Å². The fraction of sp³-hybridized carbons (Fsp3) is 0.845. The lowest BCUT2D eigenvalue weighted by atomic mass is 10.0. The Labute approximate surface area is 479 Å². The molecule has 0 aromatic rings. The molecule has 0 fully saturated rings. The van der Waals surface area contributed by atoms with Gasteiger partial charge in [0.2, 0.25) is 0 Å². The SMILES string of the molecule is CCC/C=C\C/C=C\CCCCCCCC(=O)OCC(COC(=O)CCCCCCCCCCCCCCCCCCCCCCCCCCCCCCC)OC(=O)CCCCCCCCC/C=C\C/C=C\CCCCC. The monoisotopic (exact) mass is 1080 g/mol. The van der Waals surface area contributed by atoms with E-state index in [1.807, 2.05) is 0 Å². The average molecular weight is 1080 g/mol. The maximum Gasteiger partial charge on any atom is 0.306 e. The van der Waals surface area contributed by atoms with Gasteiger partial charge in [-0.25, -0.2) is 0 Å². The van der Waals surface area contributed by atoms with Crippen molar-refractivity contribution in [3.63, 3.8) is 0 Å². The summed E-state index contributed by atoms with van der Waals surface area (Å²) in [5.74, 6) is -0.879. The Morgan fingerprint density at radius 2 is 0.494 bits per heavy atom. The number of esters is 3. The van der Waals surface area contributed by atoms with Crippen LogP contribution in [-0.2, 0) is 28.6 Å². The number of hydrogen-bond acceptors (Lipinski definition) is 6. The normalized spacial score (nSPS) is 12.3. The van der Waals surface area contributed by atoms with E-state index in [9.17, 15) is 14.4 Å². The number of carbonyl (C=O) groups excluding carboxylic acids is 3. The summed E-state index contributed by atoms with van der Waals surface area (Å²) in [7, 11) is 0. The van der Waals surface area contributed by atoms with Crippen molar-refractivity contribution < 1.29 is 28.6 Å². The van der Waals surface area contributed by atoms with Gasteiger partial charge in [0, 0.05) is 19.3 Å². The minimum absolute atomic E-state index is 0.0776. The smallest absolute Gasteiger partial charge is 0.306 e. The molecule has 0 saturated carbocycles. The van der Waals surface area contributed by atoms with Gasteiger partial charge in [0.15, 0.2) is 6.10 Å². The summed E-state index contributed by atoms with van der Waals surface area (Å²) in [6.45, 7) is 6.59. The van der Waals surface area contributed by atoms with Crippen LogP contribution in [0.5, 0.6) is 0 Å². The fourth-order valence-corrected chi connectivity index (χ4v) is 10.2. The lowest BCUT2D eigenvalue weighted by Gasteiger charge is -2.18. The first kappa shape index (κ1) is 74.4. The van der Waals surface area contributed by atoms with E-state index in [1.54, 1.807) is 0 Å². The third kappa shape index (κ3) is 64.1. The number of hydrogen-bond donors (Lipinski definition) is 0. The van der Waals surface area contributed by atoms with Gasteiger partial charge in [-0.2, -0.15) is 0 Å². The third-order valence-electron chi connectivity index (χ3n) is 15.3. The molecule has 0 aliphatic carbocycles. The Kier molecular flexibility index (Phi) is 63.6. The van der Waals surface area contributed by atoms with Crippen molar-refractivity contribution >= 4 is 17.9 Å².